The Morgan fingerprint density at radius 3 is 2.76 bits per heavy atom. The van der Waals surface area contributed by atoms with Crippen LogP contribution in [0.15, 0.2) is 18.5 Å². The van der Waals surface area contributed by atoms with Crippen molar-refractivity contribution in [3.63, 3.8) is 0 Å². The van der Waals surface area contributed by atoms with Crippen LogP contribution in [0.2, 0.25) is 0 Å². The zero-order valence-electron chi connectivity index (χ0n) is 13.3. The molecule has 1 amide bonds. The van der Waals surface area contributed by atoms with E-state index >= 15 is 0 Å². The summed E-state index contributed by atoms with van der Waals surface area (Å²) in [5.74, 6) is 0.852. The highest BCUT2D eigenvalue weighted by Gasteiger charge is 2.21. The van der Waals surface area contributed by atoms with Crippen LogP contribution in [0.5, 0.6) is 0 Å². The number of nitrogens with zero attached hydrogens (tertiary/aromatic N) is 3. The minimum atomic E-state index is -0.204. The van der Waals surface area contributed by atoms with Crippen molar-refractivity contribution in [2.45, 2.75) is 34.1 Å². The summed E-state index contributed by atoms with van der Waals surface area (Å²) < 4.78 is 1.59. The van der Waals surface area contributed by atoms with Gasteiger partial charge < -0.3 is 5.32 Å². The summed E-state index contributed by atoms with van der Waals surface area (Å²) in [5, 5.41) is 13.9. The molecule has 0 saturated carbocycles. The van der Waals surface area contributed by atoms with E-state index in [0.717, 1.165) is 12.1 Å². The number of aromatic amines is 1. The molecule has 0 aliphatic carbocycles. The summed E-state index contributed by atoms with van der Waals surface area (Å²) in [7, 11) is 1.78. The summed E-state index contributed by atoms with van der Waals surface area (Å²) in [5.41, 5.74) is 1.79. The van der Waals surface area contributed by atoms with Gasteiger partial charge in [0.2, 0.25) is 0 Å². The van der Waals surface area contributed by atoms with Crippen LogP contribution in [0.3, 0.4) is 0 Å². The lowest BCUT2D eigenvalue weighted by Gasteiger charge is -2.26. The van der Waals surface area contributed by atoms with E-state index in [9.17, 15) is 4.79 Å². The molecule has 2 rings (SSSR count). The van der Waals surface area contributed by atoms with E-state index in [0.29, 0.717) is 17.3 Å². The number of nitrogens with one attached hydrogen (secondary N) is 2. The standard InChI is InChI=1S/C15H23N5O/c1-10(15(2,3)4)6-12-7-13(19-18-12)17-14(21)11-8-16-20(5)9-11/h7-10H,6H2,1-5H3,(H2,17,18,19,21)/t10-/m1/s1. The molecule has 2 aromatic rings. The summed E-state index contributed by atoms with van der Waals surface area (Å²) in [4.78, 5) is 12.0. The molecule has 0 fully saturated rings. The molecule has 6 nitrogen and oxygen atoms in total. The van der Waals surface area contributed by atoms with E-state index in [2.05, 4.69) is 48.3 Å². The lowest BCUT2D eigenvalue weighted by molar-refractivity contribution is 0.102. The molecule has 0 radical (unpaired) electrons. The van der Waals surface area contributed by atoms with Gasteiger partial charge in [-0.2, -0.15) is 10.2 Å². The van der Waals surface area contributed by atoms with Crippen LogP contribution < -0.4 is 5.32 Å². The van der Waals surface area contributed by atoms with E-state index in [-0.39, 0.29) is 11.3 Å². The van der Waals surface area contributed by atoms with Crippen LogP contribution in [0.25, 0.3) is 0 Å². The van der Waals surface area contributed by atoms with Crippen molar-refractivity contribution in [1.82, 2.24) is 20.0 Å². The van der Waals surface area contributed by atoms with E-state index in [1.807, 2.05) is 6.07 Å². The Balaban J connectivity index is 1.99. The van der Waals surface area contributed by atoms with Crippen LogP contribution in [0.1, 0.15) is 43.7 Å². The topological polar surface area (TPSA) is 75.6 Å². The quantitative estimate of drug-likeness (QED) is 0.908. The predicted molar refractivity (Wildman–Crippen MR) is 82.1 cm³/mol. The first-order valence-corrected chi connectivity index (χ1v) is 7.10. The van der Waals surface area contributed by atoms with Gasteiger partial charge in [-0.05, 0) is 17.8 Å². The maximum Gasteiger partial charge on any atom is 0.260 e. The Bertz CT molecular complexity index is 620. The molecule has 0 unspecified atom stereocenters. The number of amides is 1. The van der Waals surface area contributed by atoms with Gasteiger partial charge in [0.1, 0.15) is 0 Å². The Hall–Kier alpha value is -2.11. The number of hydrogen-bond donors (Lipinski definition) is 2. The summed E-state index contributed by atoms with van der Waals surface area (Å²) in [6.07, 6.45) is 4.11. The predicted octanol–water partition coefficient (Wildman–Crippen LogP) is 2.62. The van der Waals surface area contributed by atoms with Gasteiger partial charge in [-0.3, -0.25) is 14.6 Å². The zero-order chi connectivity index (χ0) is 15.6. The molecule has 21 heavy (non-hydrogen) atoms. The van der Waals surface area contributed by atoms with Crippen molar-refractivity contribution < 1.29 is 4.79 Å². The van der Waals surface area contributed by atoms with Gasteiger partial charge in [0.05, 0.1) is 11.8 Å². The van der Waals surface area contributed by atoms with Crippen molar-refractivity contribution in [3.8, 4) is 0 Å². The highest BCUT2D eigenvalue weighted by molar-refractivity contribution is 6.03. The molecule has 6 heteroatoms. The highest BCUT2D eigenvalue weighted by atomic mass is 16.1. The molecule has 0 saturated heterocycles. The smallest absolute Gasteiger partial charge is 0.260 e. The normalized spacial score (nSPS) is 13.2. The second-order valence-electron chi connectivity index (χ2n) is 6.61. The summed E-state index contributed by atoms with van der Waals surface area (Å²) in [6, 6.07) is 1.89. The molecule has 2 N–H and O–H groups in total. The minimum absolute atomic E-state index is 0.204. The molecule has 2 heterocycles. The fraction of sp³-hybridized carbons (Fsp3) is 0.533. The minimum Gasteiger partial charge on any atom is -0.305 e. The van der Waals surface area contributed by atoms with Crippen LogP contribution in [-0.2, 0) is 13.5 Å². The van der Waals surface area contributed by atoms with Crippen molar-refractivity contribution in [3.05, 3.63) is 29.7 Å². The van der Waals surface area contributed by atoms with Crippen molar-refractivity contribution in [2.24, 2.45) is 18.4 Å². The number of anilines is 1. The van der Waals surface area contributed by atoms with Gasteiger partial charge in [0.15, 0.2) is 5.82 Å². The van der Waals surface area contributed by atoms with Gasteiger partial charge >= 0.3 is 0 Å². The summed E-state index contributed by atoms with van der Waals surface area (Å²) in [6.45, 7) is 8.88. The number of H-pyrrole nitrogens is 1. The first-order chi connectivity index (χ1) is 9.75. The van der Waals surface area contributed by atoms with Crippen molar-refractivity contribution >= 4 is 11.7 Å². The second-order valence-corrected chi connectivity index (χ2v) is 6.61. The molecule has 1 atom stereocenters. The van der Waals surface area contributed by atoms with Gasteiger partial charge in [-0.1, -0.05) is 27.7 Å². The molecule has 0 aromatic carbocycles. The average molecular weight is 289 g/mol. The number of hydrogen-bond acceptors (Lipinski definition) is 3. The Morgan fingerprint density at radius 2 is 2.19 bits per heavy atom. The van der Waals surface area contributed by atoms with Crippen LogP contribution in [-0.4, -0.2) is 25.9 Å². The van der Waals surface area contributed by atoms with Crippen LogP contribution in [0, 0.1) is 11.3 Å². The number of aryl methyl sites for hydroxylation is 1. The molecule has 0 aliphatic rings. The number of rotatable bonds is 4. The SMILES string of the molecule is C[C@H](Cc1cc(NC(=O)c2cnn(C)c2)n[nH]1)C(C)(C)C. The number of carbonyl (C=O) groups excluding carboxylic acids is 1. The lowest BCUT2D eigenvalue weighted by atomic mass is 9.79. The Kier molecular flexibility index (Phi) is 4.16. The fourth-order valence-electron chi connectivity index (χ4n) is 1.89. The number of carbonyl (C=O) groups is 1. The van der Waals surface area contributed by atoms with Crippen LogP contribution >= 0.6 is 0 Å². The van der Waals surface area contributed by atoms with Gasteiger partial charge in [-0.15, -0.1) is 0 Å². The number of aromatic nitrogens is 4. The molecule has 0 aliphatic heterocycles. The van der Waals surface area contributed by atoms with Crippen molar-refractivity contribution in [1.29, 1.82) is 0 Å². The van der Waals surface area contributed by atoms with Gasteiger partial charge in [-0.25, -0.2) is 0 Å². The summed E-state index contributed by atoms with van der Waals surface area (Å²) >= 11 is 0. The third kappa shape index (κ3) is 3.93. The second kappa shape index (κ2) is 5.71. The maximum atomic E-state index is 12.0. The Morgan fingerprint density at radius 1 is 1.48 bits per heavy atom. The van der Waals surface area contributed by atoms with E-state index < -0.39 is 0 Å². The van der Waals surface area contributed by atoms with E-state index in [1.54, 1.807) is 17.9 Å². The van der Waals surface area contributed by atoms with Crippen LogP contribution in [0.4, 0.5) is 5.82 Å². The molecule has 0 spiro atoms. The molecular formula is C15H23N5O. The third-order valence-electron chi connectivity index (χ3n) is 3.84. The third-order valence-corrected chi connectivity index (χ3v) is 3.84. The van der Waals surface area contributed by atoms with Gasteiger partial charge in [0.25, 0.3) is 5.91 Å². The largest absolute Gasteiger partial charge is 0.305 e. The molecule has 2 aromatic heterocycles. The zero-order valence-corrected chi connectivity index (χ0v) is 13.3. The molecular weight excluding hydrogens is 266 g/mol. The molecule has 0 bridgehead atoms. The lowest BCUT2D eigenvalue weighted by Crippen LogP contribution is -2.19. The average Bonchev–Trinajstić information content (AvgIpc) is 2.97. The first-order valence-electron chi connectivity index (χ1n) is 7.10. The van der Waals surface area contributed by atoms with Crippen molar-refractivity contribution in [2.75, 3.05) is 5.32 Å². The van der Waals surface area contributed by atoms with E-state index in [4.69, 9.17) is 0 Å². The monoisotopic (exact) mass is 289 g/mol. The molecule has 114 valence electrons. The Labute approximate surface area is 124 Å². The highest BCUT2D eigenvalue weighted by Crippen LogP contribution is 2.28. The fourth-order valence-corrected chi connectivity index (χ4v) is 1.89. The maximum absolute atomic E-state index is 12.0. The first kappa shape index (κ1) is 15.3. The van der Waals surface area contributed by atoms with Gasteiger partial charge in [0, 0.05) is 25.0 Å². The van der Waals surface area contributed by atoms with E-state index in [1.165, 1.54) is 6.20 Å².